The Labute approximate surface area is 118 Å². The van der Waals surface area contributed by atoms with Gasteiger partial charge in [-0.3, -0.25) is 9.58 Å². The zero-order chi connectivity index (χ0) is 14.0. The topological polar surface area (TPSA) is 74.3 Å². The van der Waals surface area contributed by atoms with E-state index in [1.165, 1.54) is 0 Å². The molecule has 1 aromatic rings. The summed E-state index contributed by atoms with van der Waals surface area (Å²) in [6.45, 7) is 3.86. The molecule has 0 amide bonds. The molecule has 1 N–H and O–H groups in total. The van der Waals surface area contributed by atoms with Gasteiger partial charge in [-0.15, -0.1) is 0 Å². The van der Waals surface area contributed by atoms with Gasteiger partial charge < -0.3 is 9.84 Å². The van der Waals surface area contributed by atoms with E-state index in [1.807, 2.05) is 4.68 Å². The lowest BCUT2D eigenvalue weighted by molar-refractivity contribution is -0.0775. The van der Waals surface area contributed by atoms with E-state index >= 15 is 0 Å². The van der Waals surface area contributed by atoms with E-state index in [4.69, 9.17) is 10.00 Å². The van der Waals surface area contributed by atoms with Gasteiger partial charge in [0.05, 0.1) is 23.4 Å². The summed E-state index contributed by atoms with van der Waals surface area (Å²) in [5.74, 6) is 0. The van der Waals surface area contributed by atoms with Crippen LogP contribution in [-0.4, -0.2) is 58.2 Å². The van der Waals surface area contributed by atoms with E-state index in [0.29, 0.717) is 44.2 Å². The maximum atomic E-state index is 10.5. The zero-order valence-corrected chi connectivity index (χ0v) is 11.5. The van der Waals surface area contributed by atoms with Crippen molar-refractivity contribution in [3.63, 3.8) is 0 Å². The SMILES string of the molecule is N#Cc1cnn(C2CCN(CC3(O)CCOCC3)C2)c1. The maximum absolute atomic E-state index is 10.5. The van der Waals surface area contributed by atoms with Crippen LogP contribution in [0.4, 0.5) is 0 Å². The molecule has 0 aromatic carbocycles. The average molecular weight is 276 g/mol. The quantitative estimate of drug-likeness (QED) is 0.872. The van der Waals surface area contributed by atoms with Gasteiger partial charge in [0.2, 0.25) is 0 Å². The molecule has 108 valence electrons. The summed E-state index contributed by atoms with van der Waals surface area (Å²) < 4.78 is 7.19. The molecule has 1 aromatic heterocycles. The van der Waals surface area contributed by atoms with Crippen molar-refractivity contribution < 1.29 is 9.84 Å². The van der Waals surface area contributed by atoms with E-state index in [0.717, 1.165) is 19.5 Å². The predicted octanol–water partition coefficient (Wildman–Crippen LogP) is 0.543. The average Bonchev–Trinajstić information content (AvgIpc) is 3.07. The third-order valence-corrected chi connectivity index (χ3v) is 4.29. The number of nitrogens with zero attached hydrogens (tertiary/aromatic N) is 4. The number of ether oxygens (including phenoxy) is 1. The molecule has 0 radical (unpaired) electrons. The molecule has 0 bridgehead atoms. The molecule has 0 aliphatic carbocycles. The molecule has 1 atom stereocenters. The van der Waals surface area contributed by atoms with E-state index in [9.17, 15) is 5.11 Å². The van der Waals surface area contributed by atoms with Crippen molar-refractivity contribution in [3.8, 4) is 6.07 Å². The molecule has 1 unspecified atom stereocenters. The maximum Gasteiger partial charge on any atom is 0.102 e. The van der Waals surface area contributed by atoms with Crippen LogP contribution in [0.25, 0.3) is 0 Å². The van der Waals surface area contributed by atoms with Crippen LogP contribution in [0.2, 0.25) is 0 Å². The number of aromatic nitrogens is 2. The van der Waals surface area contributed by atoms with Gasteiger partial charge in [-0.25, -0.2) is 0 Å². The molecule has 2 fully saturated rings. The summed E-state index contributed by atoms with van der Waals surface area (Å²) in [6.07, 6.45) is 5.86. The lowest BCUT2D eigenvalue weighted by atomic mass is 9.94. The van der Waals surface area contributed by atoms with Crippen LogP contribution < -0.4 is 0 Å². The first kappa shape index (κ1) is 13.6. The van der Waals surface area contributed by atoms with Crippen molar-refractivity contribution in [3.05, 3.63) is 18.0 Å². The van der Waals surface area contributed by atoms with Gasteiger partial charge in [-0.1, -0.05) is 0 Å². The summed E-state index contributed by atoms with van der Waals surface area (Å²) in [7, 11) is 0. The fourth-order valence-corrected chi connectivity index (χ4v) is 3.09. The number of nitriles is 1. The number of hydrogen-bond acceptors (Lipinski definition) is 5. The second-order valence-electron chi connectivity index (χ2n) is 5.84. The van der Waals surface area contributed by atoms with E-state index in [-0.39, 0.29) is 0 Å². The summed E-state index contributed by atoms with van der Waals surface area (Å²) in [4.78, 5) is 2.30. The third kappa shape index (κ3) is 2.85. The summed E-state index contributed by atoms with van der Waals surface area (Å²) in [6, 6.07) is 2.41. The highest BCUT2D eigenvalue weighted by Crippen LogP contribution is 2.27. The molecule has 6 nitrogen and oxygen atoms in total. The first-order chi connectivity index (χ1) is 9.68. The first-order valence-corrected chi connectivity index (χ1v) is 7.15. The zero-order valence-electron chi connectivity index (χ0n) is 11.5. The van der Waals surface area contributed by atoms with Crippen molar-refractivity contribution in [2.45, 2.75) is 30.9 Å². The van der Waals surface area contributed by atoms with Crippen molar-refractivity contribution in [1.29, 1.82) is 5.26 Å². The Morgan fingerprint density at radius 3 is 3.00 bits per heavy atom. The molecule has 0 spiro atoms. The standard InChI is InChI=1S/C14H20N4O2/c15-7-12-8-16-18(9-12)13-1-4-17(10-13)11-14(19)2-5-20-6-3-14/h8-9,13,19H,1-6,10-11H2. The molecule has 6 heteroatoms. The molecule has 2 aliphatic rings. The molecule has 2 aliphatic heterocycles. The highest BCUT2D eigenvalue weighted by atomic mass is 16.5. The van der Waals surface area contributed by atoms with Gasteiger partial charge >= 0.3 is 0 Å². The largest absolute Gasteiger partial charge is 0.388 e. The molecule has 20 heavy (non-hydrogen) atoms. The highest BCUT2D eigenvalue weighted by molar-refractivity contribution is 5.22. The first-order valence-electron chi connectivity index (χ1n) is 7.15. The number of likely N-dealkylation sites (tertiary alicyclic amines) is 1. The lowest BCUT2D eigenvalue weighted by Gasteiger charge is -2.35. The highest BCUT2D eigenvalue weighted by Gasteiger charge is 2.35. The summed E-state index contributed by atoms with van der Waals surface area (Å²) >= 11 is 0. The normalized spacial score (nSPS) is 26.5. The molecule has 0 saturated carbocycles. The second kappa shape index (κ2) is 5.52. The smallest absolute Gasteiger partial charge is 0.102 e. The van der Waals surface area contributed by atoms with Crippen LogP contribution in [0.1, 0.15) is 30.9 Å². The predicted molar refractivity (Wildman–Crippen MR) is 72.0 cm³/mol. The summed E-state index contributed by atoms with van der Waals surface area (Å²) in [5.41, 5.74) is 0.00114. The van der Waals surface area contributed by atoms with Crippen LogP contribution in [0.15, 0.2) is 12.4 Å². The van der Waals surface area contributed by atoms with Crippen LogP contribution in [-0.2, 0) is 4.74 Å². The molecular weight excluding hydrogens is 256 g/mol. The molecule has 2 saturated heterocycles. The van der Waals surface area contributed by atoms with E-state index in [1.54, 1.807) is 12.4 Å². The van der Waals surface area contributed by atoms with Crippen molar-refractivity contribution in [1.82, 2.24) is 14.7 Å². The van der Waals surface area contributed by atoms with Crippen molar-refractivity contribution in [2.24, 2.45) is 0 Å². The minimum atomic E-state index is -0.602. The van der Waals surface area contributed by atoms with Crippen LogP contribution in [0, 0.1) is 11.3 Å². The Hall–Kier alpha value is -1.42. The van der Waals surface area contributed by atoms with Gasteiger partial charge in [0.15, 0.2) is 0 Å². The van der Waals surface area contributed by atoms with Gasteiger partial charge in [-0.2, -0.15) is 10.4 Å². The Morgan fingerprint density at radius 1 is 1.50 bits per heavy atom. The minimum Gasteiger partial charge on any atom is -0.388 e. The fourth-order valence-electron chi connectivity index (χ4n) is 3.09. The number of hydrogen-bond donors (Lipinski definition) is 1. The van der Waals surface area contributed by atoms with Gasteiger partial charge in [0.25, 0.3) is 0 Å². The number of β-amino-alcohol motifs (C(OH)–C–C–N with tert-alkyl or cyclic N) is 1. The van der Waals surface area contributed by atoms with Gasteiger partial charge in [-0.05, 0) is 6.42 Å². The lowest BCUT2D eigenvalue weighted by Crippen LogP contribution is -2.46. The second-order valence-corrected chi connectivity index (χ2v) is 5.84. The van der Waals surface area contributed by atoms with E-state index < -0.39 is 5.60 Å². The van der Waals surface area contributed by atoms with Gasteiger partial charge in [0, 0.05) is 51.9 Å². The van der Waals surface area contributed by atoms with Crippen LogP contribution >= 0.6 is 0 Å². The molecular formula is C14H20N4O2. The Balaban J connectivity index is 1.58. The summed E-state index contributed by atoms with van der Waals surface area (Å²) in [5, 5.41) is 23.6. The molecule has 3 heterocycles. The number of rotatable bonds is 3. The van der Waals surface area contributed by atoms with Crippen molar-refractivity contribution >= 4 is 0 Å². The molecule has 3 rings (SSSR count). The monoisotopic (exact) mass is 276 g/mol. The van der Waals surface area contributed by atoms with Crippen LogP contribution in [0.3, 0.4) is 0 Å². The van der Waals surface area contributed by atoms with Gasteiger partial charge in [0.1, 0.15) is 6.07 Å². The Kier molecular flexibility index (Phi) is 3.74. The Bertz CT molecular complexity index is 502. The van der Waals surface area contributed by atoms with Crippen molar-refractivity contribution in [2.75, 3.05) is 32.8 Å². The van der Waals surface area contributed by atoms with E-state index in [2.05, 4.69) is 16.1 Å². The minimum absolute atomic E-state index is 0.306. The third-order valence-electron chi connectivity index (χ3n) is 4.29. The van der Waals surface area contributed by atoms with Crippen LogP contribution in [0.5, 0.6) is 0 Å². The fraction of sp³-hybridized carbons (Fsp3) is 0.714. The Morgan fingerprint density at radius 2 is 2.30 bits per heavy atom. The number of aliphatic hydroxyl groups is 1.